The first-order valence-corrected chi connectivity index (χ1v) is 7.51. The molecule has 1 atom stereocenters. The maximum atomic E-state index is 13.1. The first-order chi connectivity index (χ1) is 10.2. The molecule has 114 valence electrons. The fourth-order valence-electron chi connectivity index (χ4n) is 2.96. The minimum Gasteiger partial charge on any atom is -0.488 e. The molecule has 0 saturated carbocycles. The maximum Gasteiger partial charge on any atom is 0.225 e. The van der Waals surface area contributed by atoms with Crippen LogP contribution in [0.1, 0.15) is 19.3 Å². The van der Waals surface area contributed by atoms with Gasteiger partial charge in [0, 0.05) is 38.2 Å². The van der Waals surface area contributed by atoms with Crippen LogP contribution in [0, 0.1) is 11.7 Å². The third-order valence-electron chi connectivity index (χ3n) is 4.13. The molecule has 0 radical (unpaired) electrons. The lowest BCUT2D eigenvalue weighted by atomic mass is 9.99. The number of hydrogen-bond acceptors (Lipinski definition) is 3. The van der Waals surface area contributed by atoms with E-state index in [0.29, 0.717) is 25.5 Å². The average molecular weight is 293 g/mol. The minimum absolute atomic E-state index is 0.0457. The zero-order valence-corrected chi connectivity index (χ0v) is 12.0. The molecule has 0 spiro atoms. The number of ether oxygens (including phenoxy) is 2. The lowest BCUT2D eigenvalue weighted by molar-refractivity contribution is -0.137. The SMILES string of the molecule is O=C(C1CCOCC1)N1CCC(Oc2cccc(F)c2)C1. The highest BCUT2D eigenvalue weighted by atomic mass is 19.1. The standard InChI is InChI=1S/C16H20FNO3/c17-13-2-1-3-14(10-13)21-15-4-7-18(11-15)16(19)12-5-8-20-9-6-12/h1-3,10,12,15H,4-9,11H2. The normalized spacial score (nSPS) is 23.3. The predicted octanol–water partition coefficient (Wildman–Crippen LogP) is 2.23. The van der Waals surface area contributed by atoms with E-state index in [1.807, 2.05) is 4.90 Å². The van der Waals surface area contributed by atoms with Gasteiger partial charge in [0.15, 0.2) is 0 Å². The molecule has 2 aliphatic heterocycles. The quantitative estimate of drug-likeness (QED) is 0.858. The van der Waals surface area contributed by atoms with Gasteiger partial charge in [0.05, 0.1) is 6.54 Å². The number of hydrogen-bond donors (Lipinski definition) is 0. The second-order valence-electron chi connectivity index (χ2n) is 5.66. The Morgan fingerprint density at radius 3 is 2.86 bits per heavy atom. The van der Waals surface area contributed by atoms with Crippen molar-refractivity contribution in [2.75, 3.05) is 26.3 Å². The van der Waals surface area contributed by atoms with Crippen LogP contribution in [0.5, 0.6) is 5.75 Å². The van der Waals surface area contributed by atoms with Crippen LogP contribution in [0.2, 0.25) is 0 Å². The number of benzene rings is 1. The molecule has 2 fully saturated rings. The van der Waals surface area contributed by atoms with Crippen molar-refractivity contribution in [1.82, 2.24) is 4.90 Å². The van der Waals surface area contributed by atoms with Gasteiger partial charge in [0.25, 0.3) is 0 Å². The van der Waals surface area contributed by atoms with Gasteiger partial charge >= 0.3 is 0 Å². The van der Waals surface area contributed by atoms with Gasteiger partial charge in [-0.3, -0.25) is 4.79 Å². The van der Waals surface area contributed by atoms with Crippen LogP contribution in [0.3, 0.4) is 0 Å². The number of nitrogens with zero attached hydrogens (tertiary/aromatic N) is 1. The third kappa shape index (κ3) is 3.53. The number of carbonyl (C=O) groups is 1. The molecule has 2 aliphatic rings. The van der Waals surface area contributed by atoms with Crippen LogP contribution in [-0.2, 0) is 9.53 Å². The molecule has 0 aromatic heterocycles. The highest BCUT2D eigenvalue weighted by molar-refractivity contribution is 5.79. The number of halogens is 1. The summed E-state index contributed by atoms with van der Waals surface area (Å²) in [5.74, 6) is 0.524. The van der Waals surface area contributed by atoms with Crippen LogP contribution in [0.4, 0.5) is 4.39 Å². The zero-order valence-electron chi connectivity index (χ0n) is 12.0. The summed E-state index contributed by atoms with van der Waals surface area (Å²) in [7, 11) is 0. The maximum absolute atomic E-state index is 13.1. The number of rotatable bonds is 3. The molecule has 1 aromatic rings. The van der Waals surface area contributed by atoms with E-state index in [2.05, 4.69) is 0 Å². The second-order valence-corrected chi connectivity index (χ2v) is 5.66. The molecule has 2 heterocycles. The van der Waals surface area contributed by atoms with Gasteiger partial charge in [-0.15, -0.1) is 0 Å². The number of likely N-dealkylation sites (tertiary alicyclic amines) is 1. The first-order valence-electron chi connectivity index (χ1n) is 7.51. The highest BCUT2D eigenvalue weighted by Gasteiger charge is 2.32. The summed E-state index contributed by atoms with van der Waals surface area (Å²) in [6, 6.07) is 6.14. The second kappa shape index (κ2) is 6.43. The van der Waals surface area contributed by atoms with Crippen LogP contribution in [-0.4, -0.2) is 43.2 Å². The summed E-state index contributed by atoms with van der Waals surface area (Å²) in [5.41, 5.74) is 0. The van der Waals surface area contributed by atoms with E-state index in [1.165, 1.54) is 12.1 Å². The van der Waals surface area contributed by atoms with Crippen molar-refractivity contribution in [3.05, 3.63) is 30.1 Å². The molecule has 2 saturated heterocycles. The van der Waals surface area contributed by atoms with Gasteiger partial charge in [0.2, 0.25) is 5.91 Å². The van der Waals surface area contributed by atoms with E-state index in [4.69, 9.17) is 9.47 Å². The van der Waals surface area contributed by atoms with Crippen molar-refractivity contribution < 1.29 is 18.7 Å². The molecule has 1 aromatic carbocycles. The monoisotopic (exact) mass is 293 g/mol. The summed E-state index contributed by atoms with van der Waals surface area (Å²) in [6.07, 6.45) is 2.37. The van der Waals surface area contributed by atoms with E-state index >= 15 is 0 Å². The Balaban J connectivity index is 1.54. The molecule has 21 heavy (non-hydrogen) atoms. The van der Waals surface area contributed by atoms with Gasteiger partial charge in [-0.05, 0) is 25.0 Å². The lowest BCUT2D eigenvalue weighted by Crippen LogP contribution is -2.38. The van der Waals surface area contributed by atoms with Crippen molar-refractivity contribution in [3.8, 4) is 5.75 Å². The number of carbonyl (C=O) groups excluding carboxylic acids is 1. The molecule has 3 rings (SSSR count). The predicted molar refractivity (Wildman–Crippen MR) is 75.6 cm³/mol. The number of amides is 1. The van der Waals surface area contributed by atoms with Gasteiger partial charge in [0.1, 0.15) is 17.7 Å². The van der Waals surface area contributed by atoms with Crippen molar-refractivity contribution in [2.24, 2.45) is 5.92 Å². The van der Waals surface area contributed by atoms with Crippen LogP contribution >= 0.6 is 0 Å². The van der Waals surface area contributed by atoms with Crippen molar-refractivity contribution in [3.63, 3.8) is 0 Å². The molecule has 1 amide bonds. The van der Waals surface area contributed by atoms with E-state index in [0.717, 1.165) is 25.8 Å². The molecule has 1 unspecified atom stereocenters. The van der Waals surface area contributed by atoms with Gasteiger partial charge < -0.3 is 14.4 Å². The van der Waals surface area contributed by atoms with Crippen molar-refractivity contribution in [2.45, 2.75) is 25.4 Å². The molecule has 4 nitrogen and oxygen atoms in total. The van der Waals surface area contributed by atoms with Crippen molar-refractivity contribution in [1.29, 1.82) is 0 Å². The third-order valence-corrected chi connectivity index (χ3v) is 4.13. The summed E-state index contributed by atoms with van der Waals surface area (Å²) >= 11 is 0. The molecule has 0 N–H and O–H groups in total. The summed E-state index contributed by atoms with van der Waals surface area (Å²) in [5, 5.41) is 0. The Kier molecular flexibility index (Phi) is 4.39. The molecular weight excluding hydrogens is 273 g/mol. The lowest BCUT2D eigenvalue weighted by Gasteiger charge is -2.26. The van der Waals surface area contributed by atoms with E-state index in [9.17, 15) is 9.18 Å². The highest BCUT2D eigenvalue weighted by Crippen LogP contribution is 2.23. The Bertz CT molecular complexity index is 502. The van der Waals surface area contributed by atoms with Gasteiger partial charge in [-0.1, -0.05) is 6.07 Å². The van der Waals surface area contributed by atoms with Crippen molar-refractivity contribution >= 4 is 5.91 Å². The summed E-state index contributed by atoms with van der Waals surface area (Å²) in [4.78, 5) is 14.3. The summed E-state index contributed by atoms with van der Waals surface area (Å²) < 4.78 is 24.2. The fourth-order valence-corrected chi connectivity index (χ4v) is 2.96. The zero-order chi connectivity index (χ0) is 14.7. The van der Waals surface area contributed by atoms with Crippen LogP contribution in [0.25, 0.3) is 0 Å². The molecule has 0 bridgehead atoms. The van der Waals surface area contributed by atoms with Crippen LogP contribution < -0.4 is 4.74 Å². The van der Waals surface area contributed by atoms with E-state index in [-0.39, 0.29) is 23.7 Å². The Morgan fingerprint density at radius 1 is 1.29 bits per heavy atom. The first kappa shape index (κ1) is 14.3. The van der Waals surface area contributed by atoms with Crippen LogP contribution in [0.15, 0.2) is 24.3 Å². The Hall–Kier alpha value is -1.62. The Morgan fingerprint density at radius 2 is 2.10 bits per heavy atom. The topological polar surface area (TPSA) is 38.8 Å². The minimum atomic E-state index is -0.305. The molecular formula is C16H20FNO3. The fraction of sp³-hybridized carbons (Fsp3) is 0.562. The smallest absolute Gasteiger partial charge is 0.225 e. The Labute approximate surface area is 123 Å². The van der Waals surface area contributed by atoms with E-state index < -0.39 is 0 Å². The largest absolute Gasteiger partial charge is 0.488 e. The molecule has 5 heteroatoms. The van der Waals surface area contributed by atoms with E-state index in [1.54, 1.807) is 12.1 Å². The van der Waals surface area contributed by atoms with Gasteiger partial charge in [-0.2, -0.15) is 0 Å². The van der Waals surface area contributed by atoms with Gasteiger partial charge in [-0.25, -0.2) is 4.39 Å². The summed E-state index contributed by atoms with van der Waals surface area (Å²) in [6.45, 7) is 2.66. The molecule has 0 aliphatic carbocycles. The average Bonchev–Trinajstić information content (AvgIpc) is 2.96.